The van der Waals surface area contributed by atoms with Gasteiger partial charge in [-0.05, 0) is 31.0 Å². The van der Waals surface area contributed by atoms with Crippen LogP contribution in [0.2, 0.25) is 0 Å². The summed E-state index contributed by atoms with van der Waals surface area (Å²) in [5.41, 5.74) is 1.88. The lowest BCUT2D eigenvalue weighted by atomic mass is 9.96. The molecule has 1 aliphatic heterocycles. The number of unbranched alkanes of at least 4 members (excludes halogenated alkanes) is 4. The number of fused-ring (bicyclic) bond motifs is 1. The van der Waals surface area contributed by atoms with Crippen molar-refractivity contribution in [3.8, 4) is 0 Å². The van der Waals surface area contributed by atoms with Gasteiger partial charge in [0.15, 0.2) is 0 Å². The van der Waals surface area contributed by atoms with Crippen molar-refractivity contribution in [1.29, 1.82) is 0 Å². The molecule has 0 amide bonds. The zero-order chi connectivity index (χ0) is 19.2. The molecule has 1 aliphatic rings. The molecule has 2 aromatic rings. The molecule has 1 N–H and O–H groups in total. The minimum atomic E-state index is -0.503. The van der Waals surface area contributed by atoms with Crippen LogP contribution in [0.15, 0.2) is 41.9 Å². The number of hydrogen-bond acceptors (Lipinski definition) is 5. The van der Waals surface area contributed by atoms with Crippen molar-refractivity contribution < 1.29 is 13.9 Å². The largest absolute Gasteiger partial charge is 0.462 e. The standard InChI is InChI=1S/C20H25FN4O2/c1-3-4-5-6-7-12-27-19(26)17-14(2)24-20-22-13-23-25(20)18(17)15-8-10-16(21)11-9-15/h8-11,13,18H,3-7,12H2,1-2H3,(H,22,23,24)/t18-/m0/s1. The molecule has 1 aromatic carbocycles. The Kier molecular flexibility index (Phi) is 6.21. The van der Waals surface area contributed by atoms with Gasteiger partial charge >= 0.3 is 5.97 Å². The Hall–Kier alpha value is -2.70. The molecule has 27 heavy (non-hydrogen) atoms. The minimum Gasteiger partial charge on any atom is -0.462 e. The van der Waals surface area contributed by atoms with Crippen LogP contribution < -0.4 is 5.32 Å². The van der Waals surface area contributed by atoms with Crippen molar-refractivity contribution in [3.05, 3.63) is 53.2 Å². The summed E-state index contributed by atoms with van der Waals surface area (Å²) in [7, 11) is 0. The molecular formula is C20H25FN4O2. The van der Waals surface area contributed by atoms with Gasteiger partial charge in [-0.3, -0.25) is 0 Å². The van der Waals surface area contributed by atoms with Crippen LogP contribution in [0.25, 0.3) is 0 Å². The summed E-state index contributed by atoms with van der Waals surface area (Å²) in [5, 5.41) is 7.34. The molecule has 0 spiro atoms. The van der Waals surface area contributed by atoms with Gasteiger partial charge in [0.05, 0.1) is 12.2 Å². The SMILES string of the molecule is CCCCCCCOC(=O)C1=C(C)Nc2ncnn2[C@H]1c1ccc(F)cc1. The molecule has 0 saturated heterocycles. The Balaban J connectivity index is 1.78. The Morgan fingerprint density at radius 2 is 1.96 bits per heavy atom. The average molecular weight is 372 g/mol. The highest BCUT2D eigenvalue weighted by molar-refractivity contribution is 5.92. The van der Waals surface area contributed by atoms with E-state index in [2.05, 4.69) is 22.3 Å². The number of benzene rings is 1. The second-order valence-electron chi connectivity index (χ2n) is 6.70. The second-order valence-corrected chi connectivity index (χ2v) is 6.70. The van der Waals surface area contributed by atoms with Crippen LogP contribution in [0.4, 0.5) is 10.3 Å². The fourth-order valence-corrected chi connectivity index (χ4v) is 3.26. The number of allylic oxidation sites excluding steroid dienone is 1. The predicted molar refractivity (Wildman–Crippen MR) is 101 cm³/mol. The van der Waals surface area contributed by atoms with Crippen molar-refractivity contribution in [1.82, 2.24) is 14.8 Å². The molecule has 6 nitrogen and oxygen atoms in total. The number of halogens is 1. The number of rotatable bonds is 8. The van der Waals surface area contributed by atoms with E-state index in [4.69, 9.17) is 4.74 Å². The van der Waals surface area contributed by atoms with E-state index in [1.165, 1.54) is 31.3 Å². The maximum absolute atomic E-state index is 13.4. The van der Waals surface area contributed by atoms with Crippen LogP contribution >= 0.6 is 0 Å². The first-order valence-electron chi connectivity index (χ1n) is 9.41. The summed E-state index contributed by atoms with van der Waals surface area (Å²) in [5.74, 6) is -0.174. The Morgan fingerprint density at radius 3 is 2.70 bits per heavy atom. The van der Waals surface area contributed by atoms with Crippen molar-refractivity contribution in [2.24, 2.45) is 0 Å². The maximum atomic E-state index is 13.4. The van der Waals surface area contributed by atoms with E-state index in [0.29, 0.717) is 23.8 Å². The van der Waals surface area contributed by atoms with Crippen molar-refractivity contribution in [2.75, 3.05) is 11.9 Å². The molecular weight excluding hydrogens is 347 g/mol. The van der Waals surface area contributed by atoms with E-state index >= 15 is 0 Å². The number of esters is 1. The first-order valence-corrected chi connectivity index (χ1v) is 9.41. The van der Waals surface area contributed by atoms with E-state index in [9.17, 15) is 9.18 Å². The number of nitrogens with one attached hydrogen (secondary N) is 1. The summed E-state index contributed by atoms with van der Waals surface area (Å²) in [6.45, 7) is 4.37. The van der Waals surface area contributed by atoms with Crippen molar-refractivity contribution >= 4 is 11.9 Å². The quantitative estimate of drug-likeness (QED) is 0.555. The van der Waals surface area contributed by atoms with Gasteiger partial charge in [0.25, 0.3) is 0 Å². The monoisotopic (exact) mass is 372 g/mol. The highest BCUT2D eigenvalue weighted by Crippen LogP contribution is 2.35. The van der Waals surface area contributed by atoms with Gasteiger partial charge in [0, 0.05) is 5.70 Å². The number of nitrogens with zero attached hydrogens (tertiary/aromatic N) is 3. The van der Waals surface area contributed by atoms with Crippen LogP contribution in [-0.2, 0) is 9.53 Å². The fourth-order valence-electron chi connectivity index (χ4n) is 3.26. The van der Waals surface area contributed by atoms with Crippen LogP contribution in [0.3, 0.4) is 0 Å². The number of carbonyl (C=O) groups is 1. The normalized spacial score (nSPS) is 16.0. The van der Waals surface area contributed by atoms with E-state index in [1.807, 2.05) is 6.92 Å². The molecule has 144 valence electrons. The summed E-state index contributed by atoms with van der Waals surface area (Å²) >= 11 is 0. The lowest BCUT2D eigenvalue weighted by Gasteiger charge is -2.28. The van der Waals surface area contributed by atoms with Gasteiger partial charge in [0.1, 0.15) is 18.2 Å². The van der Waals surface area contributed by atoms with E-state index in [0.717, 1.165) is 24.8 Å². The summed E-state index contributed by atoms with van der Waals surface area (Å²) in [6.07, 6.45) is 6.85. The first-order chi connectivity index (χ1) is 13.1. The van der Waals surface area contributed by atoms with Crippen molar-refractivity contribution in [3.63, 3.8) is 0 Å². The van der Waals surface area contributed by atoms with Crippen LogP contribution in [0, 0.1) is 5.82 Å². The molecule has 7 heteroatoms. The second kappa shape index (κ2) is 8.79. The summed E-state index contributed by atoms with van der Waals surface area (Å²) < 4.78 is 20.5. The highest BCUT2D eigenvalue weighted by atomic mass is 19.1. The molecule has 0 aliphatic carbocycles. The molecule has 0 bridgehead atoms. The van der Waals surface area contributed by atoms with Crippen molar-refractivity contribution in [2.45, 2.75) is 52.0 Å². The van der Waals surface area contributed by atoms with Crippen LogP contribution in [-0.4, -0.2) is 27.3 Å². The smallest absolute Gasteiger partial charge is 0.338 e. The number of aromatic nitrogens is 3. The first kappa shape index (κ1) is 19.1. The third-order valence-corrected chi connectivity index (χ3v) is 4.68. The average Bonchev–Trinajstić information content (AvgIpc) is 3.12. The third-order valence-electron chi connectivity index (χ3n) is 4.68. The molecule has 1 aromatic heterocycles. The van der Waals surface area contributed by atoms with Gasteiger partial charge < -0.3 is 10.1 Å². The predicted octanol–water partition coefficient (Wildman–Crippen LogP) is 4.22. The molecule has 0 unspecified atom stereocenters. The zero-order valence-electron chi connectivity index (χ0n) is 15.7. The van der Waals surface area contributed by atoms with Gasteiger partial charge in [-0.15, -0.1) is 0 Å². The van der Waals surface area contributed by atoms with Gasteiger partial charge in [-0.1, -0.05) is 44.7 Å². The van der Waals surface area contributed by atoms with Gasteiger partial charge in [-0.25, -0.2) is 13.9 Å². The molecule has 2 heterocycles. The molecule has 0 fully saturated rings. The lowest BCUT2D eigenvalue weighted by molar-refractivity contribution is -0.139. The number of ether oxygens (including phenoxy) is 1. The Labute approximate surface area is 158 Å². The molecule has 0 saturated carbocycles. The number of anilines is 1. The topological polar surface area (TPSA) is 69.0 Å². The van der Waals surface area contributed by atoms with Gasteiger partial charge in [0.2, 0.25) is 5.95 Å². The van der Waals surface area contributed by atoms with E-state index in [-0.39, 0.29) is 11.8 Å². The van der Waals surface area contributed by atoms with Crippen LogP contribution in [0.5, 0.6) is 0 Å². The number of carbonyl (C=O) groups excluding carboxylic acids is 1. The minimum absolute atomic E-state index is 0.330. The maximum Gasteiger partial charge on any atom is 0.338 e. The Bertz CT molecular complexity index is 814. The van der Waals surface area contributed by atoms with Crippen LogP contribution in [0.1, 0.15) is 57.6 Å². The third kappa shape index (κ3) is 4.35. The fraction of sp³-hybridized carbons (Fsp3) is 0.450. The summed E-state index contributed by atoms with van der Waals surface area (Å²) in [4.78, 5) is 17.0. The van der Waals surface area contributed by atoms with Gasteiger partial charge in [-0.2, -0.15) is 10.1 Å². The molecule has 0 radical (unpaired) electrons. The Morgan fingerprint density at radius 1 is 1.22 bits per heavy atom. The zero-order valence-corrected chi connectivity index (χ0v) is 15.7. The lowest BCUT2D eigenvalue weighted by Crippen LogP contribution is -2.29. The van der Waals surface area contributed by atoms with E-state index in [1.54, 1.807) is 16.8 Å². The highest BCUT2D eigenvalue weighted by Gasteiger charge is 2.34. The molecule has 1 atom stereocenters. The summed E-state index contributed by atoms with van der Waals surface area (Å²) in [6, 6.07) is 5.56. The van der Waals surface area contributed by atoms with E-state index < -0.39 is 6.04 Å². The molecule has 3 rings (SSSR count). The number of hydrogen-bond donors (Lipinski definition) is 1.